The number of anilines is 2. The van der Waals surface area contributed by atoms with Crippen LogP contribution in [0.4, 0.5) is 10.8 Å². The van der Waals surface area contributed by atoms with Crippen molar-refractivity contribution in [3.63, 3.8) is 0 Å². The van der Waals surface area contributed by atoms with E-state index in [1.54, 1.807) is 23.9 Å². The lowest BCUT2D eigenvalue weighted by atomic mass is 10.1. The van der Waals surface area contributed by atoms with Crippen molar-refractivity contribution in [1.29, 1.82) is 0 Å². The Morgan fingerprint density at radius 2 is 1.81 bits per heavy atom. The average Bonchev–Trinajstić information content (AvgIpc) is 3.41. The van der Waals surface area contributed by atoms with Crippen LogP contribution in [0.25, 0.3) is 16.9 Å². The van der Waals surface area contributed by atoms with Crippen LogP contribution in [0, 0.1) is 0 Å². The second kappa shape index (κ2) is 8.69. The summed E-state index contributed by atoms with van der Waals surface area (Å²) in [6.45, 7) is 10.2. The van der Waals surface area contributed by atoms with Crippen LogP contribution in [0.15, 0.2) is 89.6 Å². The first-order valence-corrected chi connectivity index (χ1v) is 11.5. The molecule has 31 heavy (non-hydrogen) atoms. The Kier molecular flexibility index (Phi) is 5.98. The van der Waals surface area contributed by atoms with E-state index < -0.39 is 0 Å². The molecular weight excluding hydrogens is 472 g/mol. The number of hydrogen-bond acceptors (Lipinski definition) is 5. The first-order chi connectivity index (χ1) is 14.8. The summed E-state index contributed by atoms with van der Waals surface area (Å²) in [5.41, 5.74) is 3.58. The lowest BCUT2D eigenvalue weighted by Crippen LogP contribution is -2.26. The SMILES string of the molecule is C=C(OC(C)(C)C)N(c1ccc(Br)cc1)c1nc(-c2ccc(-n3ccnc3)cc2)cs1. The highest BCUT2D eigenvalue weighted by Gasteiger charge is 2.22. The van der Waals surface area contributed by atoms with Gasteiger partial charge < -0.3 is 9.30 Å². The van der Waals surface area contributed by atoms with Crippen LogP contribution in [0.3, 0.4) is 0 Å². The van der Waals surface area contributed by atoms with Gasteiger partial charge in [0.1, 0.15) is 5.60 Å². The first-order valence-electron chi connectivity index (χ1n) is 9.78. The third kappa shape index (κ3) is 5.06. The number of aromatic nitrogens is 3. The third-order valence-electron chi connectivity index (χ3n) is 4.41. The quantitative estimate of drug-likeness (QED) is 0.266. The second-order valence-corrected chi connectivity index (χ2v) is 9.70. The van der Waals surface area contributed by atoms with Crippen molar-refractivity contribution >= 4 is 38.1 Å². The molecule has 4 rings (SSSR count). The summed E-state index contributed by atoms with van der Waals surface area (Å²) in [6.07, 6.45) is 5.48. The Morgan fingerprint density at radius 1 is 1.10 bits per heavy atom. The van der Waals surface area contributed by atoms with Crippen LogP contribution in [0.2, 0.25) is 0 Å². The Hall–Kier alpha value is -2.90. The zero-order chi connectivity index (χ0) is 22.0. The summed E-state index contributed by atoms with van der Waals surface area (Å²) in [5, 5.41) is 2.85. The van der Waals surface area contributed by atoms with Gasteiger partial charge in [-0.3, -0.25) is 4.90 Å². The lowest BCUT2D eigenvalue weighted by molar-refractivity contribution is 0.0515. The summed E-state index contributed by atoms with van der Waals surface area (Å²) in [6, 6.07) is 16.3. The van der Waals surface area contributed by atoms with E-state index in [4.69, 9.17) is 9.72 Å². The van der Waals surface area contributed by atoms with Gasteiger partial charge >= 0.3 is 0 Å². The maximum absolute atomic E-state index is 6.09. The van der Waals surface area contributed by atoms with Crippen LogP contribution in [-0.2, 0) is 4.74 Å². The molecule has 7 heteroatoms. The molecule has 2 aromatic heterocycles. The topological polar surface area (TPSA) is 43.2 Å². The lowest BCUT2D eigenvalue weighted by Gasteiger charge is -2.30. The van der Waals surface area contributed by atoms with Crippen molar-refractivity contribution in [1.82, 2.24) is 14.5 Å². The highest BCUT2D eigenvalue weighted by molar-refractivity contribution is 9.10. The van der Waals surface area contributed by atoms with E-state index in [-0.39, 0.29) is 5.60 Å². The van der Waals surface area contributed by atoms with Crippen LogP contribution in [0.1, 0.15) is 20.8 Å². The van der Waals surface area contributed by atoms with Gasteiger partial charge in [0.15, 0.2) is 11.0 Å². The van der Waals surface area contributed by atoms with Crippen molar-refractivity contribution in [2.45, 2.75) is 26.4 Å². The van der Waals surface area contributed by atoms with E-state index in [0.717, 1.165) is 32.2 Å². The summed E-state index contributed by atoms with van der Waals surface area (Å²) >= 11 is 5.06. The number of hydrogen-bond donors (Lipinski definition) is 0. The molecular formula is C24H23BrN4OS. The molecule has 0 aliphatic rings. The van der Waals surface area contributed by atoms with E-state index in [9.17, 15) is 0 Å². The van der Waals surface area contributed by atoms with Gasteiger partial charge in [-0.2, -0.15) is 0 Å². The molecule has 0 radical (unpaired) electrons. The molecule has 0 saturated heterocycles. The smallest absolute Gasteiger partial charge is 0.197 e. The molecule has 0 N–H and O–H groups in total. The van der Waals surface area contributed by atoms with Gasteiger partial charge in [-0.15, -0.1) is 11.3 Å². The Bertz CT molecular complexity index is 1160. The van der Waals surface area contributed by atoms with Gasteiger partial charge in [-0.25, -0.2) is 9.97 Å². The Morgan fingerprint density at radius 3 is 2.42 bits per heavy atom. The van der Waals surface area contributed by atoms with Crippen LogP contribution in [-0.4, -0.2) is 20.1 Å². The zero-order valence-corrected chi connectivity index (χ0v) is 20.0. The fraction of sp³-hybridized carbons (Fsp3) is 0.167. The second-order valence-electron chi connectivity index (χ2n) is 7.95. The number of nitrogens with zero attached hydrogens (tertiary/aromatic N) is 4. The summed E-state index contributed by atoms with van der Waals surface area (Å²) in [5.74, 6) is 0.533. The molecule has 0 aliphatic carbocycles. The number of rotatable bonds is 6. The van der Waals surface area contributed by atoms with Gasteiger partial charge in [0.25, 0.3) is 0 Å². The average molecular weight is 495 g/mol. The van der Waals surface area contributed by atoms with Gasteiger partial charge in [0, 0.05) is 33.5 Å². The molecule has 2 heterocycles. The molecule has 0 saturated carbocycles. The van der Waals surface area contributed by atoms with Gasteiger partial charge in [0.2, 0.25) is 0 Å². The number of halogens is 1. The minimum absolute atomic E-state index is 0.367. The van der Waals surface area contributed by atoms with Crippen LogP contribution >= 0.6 is 27.3 Å². The fourth-order valence-electron chi connectivity index (χ4n) is 3.07. The van der Waals surface area contributed by atoms with Crippen LogP contribution in [0.5, 0.6) is 0 Å². The Labute approximate surface area is 194 Å². The molecule has 0 bridgehead atoms. The third-order valence-corrected chi connectivity index (χ3v) is 5.76. The minimum atomic E-state index is -0.367. The molecule has 4 aromatic rings. The van der Waals surface area contributed by atoms with Crippen molar-refractivity contribution in [3.05, 3.63) is 89.6 Å². The normalized spacial score (nSPS) is 11.4. The van der Waals surface area contributed by atoms with Crippen molar-refractivity contribution in [2.75, 3.05) is 4.90 Å². The van der Waals surface area contributed by atoms with Gasteiger partial charge in [0.05, 0.1) is 17.7 Å². The maximum atomic E-state index is 6.09. The highest BCUT2D eigenvalue weighted by atomic mass is 79.9. The molecule has 0 aliphatic heterocycles. The fourth-order valence-corrected chi connectivity index (χ4v) is 4.20. The summed E-state index contributed by atoms with van der Waals surface area (Å²) < 4.78 is 9.07. The van der Waals surface area contributed by atoms with Crippen molar-refractivity contribution in [2.24, 2.45) is 0 Å². The predicted molar refractivity (Wildman–Crippen MR) is 131 cm³/mol. The first kappa shape index (κ1) is 21.3. The van der Waals surface area contributed by atoms with Gasteiger partial charge in [-0.1, -0.05) is 28.1 Å². The molecule has 0 spiro atoms. The minimum Gasteiger partial charge on any atom is -0.473 e. The molecule has 5 nitrogen and oxygen atoms in total. The van der Waals surface area contributed by atoms with E-state index in [0.29, 0.717) is 5.88 Å². The molecule has 0 atom stereocenters. The van der Waals surface area contributed by atoms with E-state index in [2.05, 4.69) is 57.1 Å². The van der Waals surface area contributed by atoms with Crippen LogP contribution < -0.4 is 4.90 Å². The van der Waals surface area contributed by atoms with E-state index >= 15 is 0 Å². The summed E-state index contributed by atoms with van der Waals surface area (Å²) in [4.78, 5) is 10.9. The van der Waals surface area contributed by atoms with Crippen molar-refractivity contribution in [3.8, 4) is 16.9 Å². The molecule has 0 fully saturated rings. The molecule has 0 amide bonds. The van der Waals surface area contributed by atoms with E-state index in [1.807, 2.05) is 60.7 Å². The molecule has 2 aromatic carbocycles. The highest BCUT2D eigenvalue weighted by Crippen LogP contribution is 2.36. The number of ether oxygens (including phenoxy) is 1. The predicted octanol–water partition coefficient (Wildman–Crippen LogP) is 7.18. The molecule has 0 unspecified atom stereocenters. The summed E-state index contributed by atoms with van der Waals surface area (Å²) in [7, 11) is 0. The zero-order valence-electron chi connectivity index (χ0n) is 17.6. The number of thiazole rings is 1. The van der Waals surface area contributed by atoms with Crippen molar-refractivity contribution < 1.29 is 4.74 Å². The molecule has 158 valence electrons. The maximum Gasteiger partial charge on any atom is 0.197 e. The monoisotopic (exact) mass is 494 g/mol. The number of imidazole rings is 1. The number of benzene rings is 2. The Balaban J connectivity index is 1.65. The standard InChI is InChI=1S/C24H23BrN4OS/c1-17(30-24(2,3)4)29(21-11-7-19(25)8-12-21)23-27-22(15-31-23)18-5-9-20(10-6-18)28-14-13-26-16-28/h5-16H,1H2,2-4H3. The largest absolute Gasteiger partial charge is 0.473 e. The van der Waals surface area contributed by atoms with Gasteiger partial charge in [-0.05, 0) is 63.7 Å². The van der Waals surface area contributed by atoms with E-state index in [1.165, 1.54) is 0 Å².